The molecule has 0 unspecified atom stereocenters. The summed E-state index contributed by atoms with van der Waals surface area (Å²) < 4.78 is 76.7. The molecular weight excluding hydrogens is 311 g/mol. The van der Waals surface area contributed by atoms with Gasteiger partial charge in [-0.25, -0.2) is 4.98 Å². The molecule has 1 rings (SSSR count). The van der Waals surface area contributed by atoms with Crippen LogP contribution in [0, 0.1) is 0 Å². The zero-order chi connectivity index (χ0) is 14.1. The highest BCUT2D eigenvalue weighted by molar-refractivity contribution is 6.31. The highest BCUT2D eigenvalue weighted by Crippen LogP contribution is 2.42. The van der Waals surface area contributed by atoms with Crippen LogP contribution in [0.2, 0.25) is 5.02 Å². The molecule has 102 valence electrons. The van der Waals surface area contributed by atoms with E-state index in [1.807, 2.05) is 0 Å². The highest BCUT2D eigenvalue weighted by atomic mass is 35.5. The molecule has 1 heterocycles. The molecule has 0 fully saturated rings. The first-order valence-corrected chi connectivity index (χ1v) is 5.04. The van der Waals surface area contributed by atoms with Crippen molar-refractivity contribution in [3.8, 4) is 5.88 Å². The highest BCUT2D eigenvalue weighted by Gasteiger charge is 2.42. The van der Waals surface area contributed by atoms with Crippen LogP contribution in [0.1, 0.15) is 11.3 Å². The van der Waals surface area contributed by atoms with Gasteiger partial charge in [-0.15, -0.1) is 24.8 Å². The second-order valence-corrected chi connectivity index (χ2v) is 3.63. The lowest BCUT2D eigenvalue weighted by molar-refractivity contribution is -0.277. The van der Waals surface area contributed by atoms with Crippen molar-refractivity contribution >= 4 is 23.2 Å². The van der Waals surface area contributed by atoms with Crippen LogP contribution in [0.15, 0.2) is 6.07 Å². The summed E-state index contributed by atoms with van der Waals surface area (Å²) in [6, 6.07) is 0.723. The molecule has 1 aromatic rings. The monoisotopic (exact) mass is 313 g/mol. The van der Waals surface area contributed by atoms with Crippen LogP contribution >= 0.6 is 23.2 Å². The van der Waals surface area contributed by atoms with Gasteiger partial charge in [0.1, 0.15) is 5.56 Å². The van der Waals surface area contributed by atoms with E-state index in [9.17, 15) is 26.3 Å². The molecule has 0 saturated heterocycles. The van der Waals surface area contributed by atoms with E-state index in [0.717, 1.165) is 6.07 Å². The Balaban J connectivity index is 3.39. The summed E-state index contributed by atoms with van der Waals surface area (Å²) in [4.78, 5) is 3.03. The van der Waals surface area contributed by atoms with Gasteiger partial charge in [0.25, 0.3) is 0 Å². The van der Waals surface area contributed by atoms with Gasteiger partial charge in [-0.2, -0.15) is 13.2 Å². The van der Waals surface area contributed by atoms with Gasteiger partial charge in [0.2, 0.25) is 5.88 Å². The van der Waals surface area contributed by atoms with Crippen molar-refractivity contribution in [2.24, 2.45) is 0 Å². The third-order valence-corrected chi connectivity index (χ3v) is 2.20. The Kier molecular flexibility index (Phi) is 4.22. The Morgan fingerprint density at radius 3 is 2.11 bits per heavy atom. The predicted molar refractivity (Wildman–Crippen MR) is 50.5 cm³/mol. The zero-order valence-electron chi connectivity index (χ0n) is 8.16. The number of nitrogens with zero attached hydrogens (tertiary/aromatic N) is 1. The maximum absolute atomic E-state index is 12.5. The molecular formula is C8H3Cl2F6NO. The first-order chi connectivity index (χ1) is 8.04. The second-order valence-electron chi connectivity index (χ2n) is 2.95. The van der Waals surface area contributed by atoms with Crippen LogP contribution in [-0.2, 0) is 12.1 Å². The minimum atomic E-state index is -5.32. The van der Waals surface area contributed by atoms with E-state index >= 15 is 0 Å². The minimum Gasteiger partial charge on any atom is -0.387 e. The SMILES string of the molecule is FC(F)(F)Oc1nc(CCl)cc(Cl)c1C(F)(F)F. The lowest BCUT2D eigenvalue weighted by Crippen LogP contribution is -2.21. The van der Waals surface area contributed by atoms with Crippen molar-refractivity contribution in [3.05, 3.63) is 22.3 Å². The van der Waals surface area contributed by atoms with Crippen LogP contribution in [0.25, 0.3) is 0 Å². The standard InChI is InChI=1S/C8H3Cl2F6NO/c9-2-3-1-4(10)5(7(11,12)13)6(17-3)18-8(14,15)16/h1H,2H2. The quantitative estimate of drug-likeness (QED) is 0.596. The van der Waals surface area contributed by atoms with Gasteiger partial charge in [-0.05, 0) is 6.07 Å². The number of hydrogen-bond acceptors (Lipinski definition) is 2. The van der Waals surface area contributed by atoms with E-state index in [-0.39, 0.29) is 5.69 Å². The molecule has 10 heteroatoms. The lowest BCUT2D eigenvalue weighted by atomic mass is 10.2. The summed E-state index contributed by atoms with van der Waals surface area (Å²) in [7, 11) is 0. The number of hydrogen-bond donors (Lipinski definition) is 0. The smallest absolute Gasteiger partial charge is 0.387 e. The summed E-state index contributed by atoms with van der Waals surface area (Å²) in [6.07, 6.45) is -10.4. The molecule has 0 atom stereocenters. The lowest BCUT2D eigenvalue weighted by Gasteiger charge is -2.16. The van der Waals surface area contributed by atoms with Crippen molar-refractivity contribution in [2.75, 3.05) is 0 Å². The van der Waals surface area contributed by atoms with Gasteiger partial charge in [0.15, 0.2) is 0 Å². The topological polar surface area (TPSA) is 22.1 Å². The fraction of sp³-hybridized carbons (Fsp3) is 0.375. The molecule has 0 aromatic carbocycles. The van der Waals surface area contributed by atoms with Crippen LogP contribution in [0.5, 0.6) is 5.88 Å². The Hall–Kier alpha value is -0.890. The van der Waals surface area contributed by atoms with Gasteiger partial charge < -0.3 is 4.74 Å². The van der Waals surface area contributed by atoms with Crippen molar-refractivity contribution in [1.29, 1.82) is 0 Å². The number of aromatic nitrogens is 1. The molecule has 0 saturated carbocycles. The van der Waals surface area contributed by atoms with Gasteiger partial charge >= 0.3 is 12.5 Å². The van der Waals surface area contributed by atoms with Crippen molar-refractivity contribution in [2.45, 2.75) is 18.4 Å². The summed E-state index contributed by atoms with van der Waals surface area (Å²) in [6.45, 7) is 0. The third-order valence-electron chi connectivity index (χ3n) is 1.62. The molecule has 2 nitrogen and oxygen atoms in total. The third kappa shape index (κ3) is 3.81. The van der Waals surface area contributed by atoms with E-state index in [2.05, 4.69) is 9.72 Å². The van der Waals surface area contributed by atoms with Crippen LogP contribution in [0.3, 0.4) is 0 Å². The van der Waals surface area contributed by atoms with E-state index < -0.39 is 34.9 Å². The molecule has 0 bridgehead atoms. The Morgan fingerprint density at radius 1 is 1.17 bits per heavy atom. The molecule has 1 aromatic heterocycles. The van der Waals surface area contributed by atoms with Gasteiger partial charge in [-0.3, -0.25) is 0 Å². The average molecular weight is 314 g/mol. The van der Waals surface area contributed by atoms with Crippen molar-refractivity contribution < 1.29 is 31.1 Å². The number of halogens is 8. The largest absolute Gasteiger partial charge is 0.574 e. The van der Waals surface area contributed by atoms with Gasteiger partial charge in [-0.1, -0.05) is 11.6 Å². The molecule has 0 radical (unpaired) electrons. The number of pyridine rings is 1. The summed E-state index contributed by atoms with van der Waals surface area (Å²) in [5.41, 5.74) is -2.07. The molecule has 0 aliphatic heterocycles. The average Bonchev–Trinajstić information content (AvgIpc) is 2.11. The maximum atomic E-state index is 12.5. The van der Waals surface area contributed by atoms with E-state index in [0.29, 0.717) is 0 Å². The number of ether oxygens (including phenoxy) is 1. The summed E-state index contributed by atoms with van der Waals surface area (Å²) in [5, 5.41) is -0.965. The van der Waals surface area contributed by atoms with Crippen molar-refractivity contribution in [3.63, 3.8) is 0 Å². The molecule has 0 amide bonds. The van der Waals surface area contributed by atoms with E-state index in [1.165, 1.54) is 0 Å². The normalized spacial score (nSPS) is 12.7. The van der Waals surface area contributed by atoms with Crippen LogP contribution < -0.4 is 4.74 Å². The van der Waals surface area contributed by atoms with E-state index in [4.69, 9.17) is 23.2 Å². The second kappa shape index (κ2) is 5.00. The molecule has 18 heavy (non-hydrogen) atoms. The predicted octanol–water partition coefficient (Wildman–Crippen LogP) is 4.39. The maximum Gasteiger partial charge on any atom is 0.574 e. The fourth-order valence-corrected chi connectivity index (χ4v) is 1.50. The van der Waals surface area contributed by atoms with Gasteiger partial charge in [0, 0.05) is 0 Å². The summed E-state index contributed by atoms with van der Waals surface area (Å²) >= 11 is 10.5. The first-order valence-electron chi connectivity index (χ1n) is 4.13. The minimum absolute atomic E-state index is 0.270. The zero-order valence-corrected chi connectivity index (χ0v) is 9.68. The first kappa shape index (κ1) is 15.2. The van der Waals surface area contributed by atoms with Crippen molar-refractivity contribution in [1.82, 2.24) is 4.98 Å². The number of rotatable bonds is 2. The van der Waals surface area contributed by atoms with Crippen LogP contribution in [-0.4, -0.2) is 11.3 Å². The molecule has 0 spiro atoms. The van der Waals surface area contributed by atoms with Crippen LogP contribution in [0.4, 0.5) is 26.3 Å². The van der Waals surface area contributed by atoms with E-state index in [1.54, 1.807) is 0 Å². The fourth-order valence-electron chi connectivity index (χ4n) is 1.05. The molecule has 0 aliphatic rings. The summed E-state index contributed by atoms with van der Waals surface area (Å²) in [5.74, 6) is -2.08. The van der Waals surface area contributed by atoms with Gasteiger partial charge in [0.05, 0.1) is 16.6 Å². The molecule has 0 aliphatic carbocycles. The molecule has 0 N–H and O–H groups in total. The Labute approximate surface area is 106 Å². The Morgan fingerprint density at radius 2 is 1.72 bits per heavy atom. The number of alkyl halides is 7. The Bertz CT molecular complexity index is 444.